The first kappa shape index (κ1) is 16.9. The Balaban J connectivity index is 0.000000545. The van der Waals surface area contributed by atoms with E-state index < -0.39 is 0 Å². The van der Waals surface area contributed by atoms with Gasteiger partial charge in [0, 0.05) is 0 Å². The van der Waals surface area contributed by atoms with E-state index in [0.29, 0.717) is 10.0 Å². The molecule has 1 heterocycles. The molecule has 0 aliphatic carbocycles. The smallest absolute Gasteiger partial charge is 0.124 e. The van der Waals surface area contributed by atoms with Crippen molar-refractivity contribution in [2.75, 3.05) is 0 Å². The predicted octanol–water partition coefficient (Wildman–Crippen LogP) is 5.57. The third-order valence-electron chi connectivity index (χ3n) is 3.48. The molecule has 2 aromatic carbocycles. The molecule has 116 valence electrons. The summed E-state index contributed by atoms with van der Waals surface area (Å²) in [6, 6.07) is 12.0. The monoisotopic (exact) mass is 336 g/mol. The van der Waals surface area contributed by atoms with Crippen molar-refractivity contribution < 1.29 is 9.53 Å². The van der Waals surface area contributed by atoms with E-state index in [1.54, 1.807) is 0 Å². The molecule has 1 unspecified atom stereocenters. The average Bonchev–Trinajstić information content (AvgIpc) is 2.50. The van der Waals surface area contributed by atoms with Gasteiger partial charge in [-0.25, -0.2) is 0 Å². The molecule has 1 atom stereocenters. The lowest BCUT2D eigenvalue weighted by Gasteiger charge is -2.27. The van der Waals surface area contributed by atoms with Gasteiger partial charge in [-0.1, -0.05) is 47.0 Å². The number of aldehydes is 1. The van der Waals surface area contributed by atoms with Crippen molar-refractivity contribution in [2.45, 2.75) is 32.8 Å². The first-order valence-electron chi connectivity index (χ1n) is 7.16. The molecule has 0 spiro atoms. The van der Waals surface area contributed by atoms with Crippen molar-refractivity contribution in [1.82, 2.24) is 0 Å². The summed E-state index contributed by atoms with van der Waals surface area (Å²) in [6.07, 6.45) is 2.81. The number of rotatable bonds is 1. The second kappa shape index (κ2) is 7.66. The van der Waals surface area contributed by atoms with Gasteiger partial charge < -0.3 is 9.53 Å². The third-order valence-corrected chi connectivity index (χ3v) is 4.22. The summed E-state index contributed by atoms with van der Waals surface area (Å²) in [5.74, 6) is 0.980. The van der Waals surface area contributed by atoms with Gasteiger partial charge in [-0.15, -0.1) is 0 Å². The van der Waals surface area contributed by atoms with Crippen molar-refractivity contribution in [2.24, 2.45) is 0 Å². The van der Waals surface area contributed by atoms with Gasteiger partial charge >= 0.3 is 0 Å². The number of benzene rings is 2. The fourth-order valence-corrected chi connectivity index (χ4v) is 2.77. The lowest BCUT2D eigenvalue weighted by Crippen LogP contribution is -2.15. The van der Waals surface area contributed by atoms with Gasteiger partial charge in [-0.05, 0) is 56.0 Å². The van der Waals surface area contributed by atoms with E-state index >= 15 is 0 Å². The Morgan fingerprint density at radius 1 is 1.14 bits per heavy atom. The van der Waals surface area contributed by atoms with E-state index in [1.165, 1.54) is 18.1 Å². The Morgan fingerprint density at radius 3 is 2.55 bits per heavy atom. The zero-order chi connectivity index (χ0) is 16.1. The van der Waals surface area contributed by atoms with Crippen molar-refractivity contribution in [3.63, 3.8) is 0 Å². The topological polar surface area (TPSA) is 26.3 Å². The number of ether oxygens (including phenoxy) is 1. The van der Waals surface area contributed by atoms with E-state index in [2.05, 4.69) is 19.1 Å². The van der Waals surface area contributed by atoms with Crippen LogP contribution in [0, 0.1) is 6.92 Å². The van der Waals surface area contributed by atoms with Crippen LogP contribution in [0.3, 0.4) is 0 Å². The van der Waals surface area contributed by atoms with Crippen LogP contribution in [0.1, 0.15) is 36.1 Å². The molecule has 0 saturated heterocycles. The van der Waals surface area contributed by atoms with Crippen LogP contribution in [0.5, 0.6) is 5.75 Å². The molecule has 0 bridgehead atoms. The highest BCUT2D eigenvalue weighted by atomic mass is 35.5. The van der Waals surface area contributed by atoms with E-state index in [1.807, 2.05) is 24.3 Å². The van der Waals surface area contributed by atoms with Gasteiger partial charge in [-0.3, -0.25) is 0 Å². The quantitative estimate of drug-likeness (QED) is 0.636. The summed E-state index contributed by atoms with van der Waals surface area (Å²) in [6.45, 7) is 3.55. The second-order valence-electron chi connectivity index (χ2n) is 5.17. The van der Waals surface area contributed by atoms with Gasteiger partial charge in [0.05, 0.1) is 10.0 Å². The Kier molecular flexibility index (Phi) is 5.87. The Morgan fingerprint density at radius 2 is 1.86 bits per heavy atom. The van der Waals surface area contributed by atoms with Gasteiger partial charge in [0.2, 0.25) is 0 Å². The molecule has 22 heavy (non-hydrogen) atoms. The largest absolute Gasteiger partial charge is 0.485 e. The van der Waals surface area contributed by atoms with Crippen LogP contribution in [0.15, 0.2) is 36.4 Å². The van der Waals surface area contributed by atoms with Crippen LogP contribution in [0.25, 0.3) is 0 Å². The number of hydrogen-bond acceptors (Lipinski definition) is 2. The van der Waals surface area contributed by atoms with E-state index in [0.717, 1.165) is 30.4 Å². The van der Waals surface area contributed by atoms with Gasteiger partial charge in [-0.2, -0.15) is 0 Å². The molecule has 0 aromatic heterocycles. The highest BCUT2D eigenvalue weighted by molar-refractivity contribution is 6.42. The molecular weight excluding hydrogens is 319 g/mol. The normalized spacial score (nSPS) is 15.9. The fourth-order valence-electron chi connectivity index (χ4n) is 2.46. The van der Waals surface area contributed by atoms with E-state index in [4.69, 9.17) is 32.7 Å². The van der Waals surface area contributed by atoms with Crippen molar-refractivity contribution in [1.29, 1.82) is 0 Å². The molecule has 0 fully saturated rings. The number of carbonyl (C=O) groups excluding carboxylic acids is 1. The first-order valence-corrected chi connectivity index (χ1v) is 7.91. The summed E-state index contributed by atoms with van der Waals surface area (Å²) in [4.78, 5) is 8.81. The minimum atomic E-state index is 0.0602. The summed E-state index contributed by atoms with van der Waals surface area (Å²) < 4.78 is 6.07. The molecule has 1 aliphatic rings. The average molecular weight is 337 g/mol. The minimum Gasteiger partial charge on any atom is -0.485 e. The Bertz CT molecular complexity index is 668. The molecule has 0 saturated carbocycles. The lowest BCUT2D eigenvalue weighted by molar-refractivity contribution is -0.106. The molecule has 0 radical (unpaired) electrons. The van der Waals surface area contributed by atoms with Crippen LogP contribution in [-0.2, 0) is 11.2 Å². The van der Waals surface area contributed by atoms with Crippen LogP contribution >= 0.6 is 23.2 Å². The molecule has 2 aromatic rings. The minimum absolute atomic E-state index is 0.0602. The van der Waals surface area contributed by atoms with E-state index in [9.17, 15) is 0 Å². The first-order chi connectivity index (χ1) is 10.5. The van der Waals surface area contributed by atoms with Gasteiger partial charge in [0.25, 0.3) is 0 Å². The Labute approximate surface area is 141 Å². The third kappa shape index (κ3) is 4.02. The SMILES string of the molecule is CC=O.Cc1ccc2c(c1)CCC(c1ccc(Cl)c(Cl)c1)O2. The fraction of sp³-hybridized carbons (Fsp3) is 0.278. The zero-order valence-electron chi connectivity index (χ0n) is 12.6. The van der Waals surface area contributed by atoms with Crippen molar-refractivity contribution in [3.8, 4) is 5.75 Å². The van der Waals surface area contributed by atoms with E-state index in [-0.39, 0.29) is 6.10 Å². The van der Waals surface area contributed by atoms with Crippen LogP contribution in [0.2, 0.25) is 10.0 Å². The maximum absolute atomic E-state index is 8.81. The molecule has 0 N–H and O–H groups in total. The summed E-state index contributed by atoms with van der Waals surface area (Å²) >= 11 is 12.0. The number of aryl methyl sites for hydroxylation is 2. The Hall–Kier alpha value is -1.51. The summed E-state index contributed by atoms with van der Waals surface area (Å²) in [5, 5.41) is 1.16. The highest BCUT2D eigenvalue weighted by Gasteiger charge is 2.21. The van der Waals surface area contributed by atoms with Crippen LogP contribution in [-0.4, -0.2) is 6.29 Å². The number of halogens is 2. The van der Waals surface area contributed by atoms with Crippen molar-refractivity contribution >= 4 is 29.5 Å². The molecule has 0 amide bonds. The number of fused-ring (bicyclic) bond motifs is 1. The van der Waals surface area contributed by atoms with Crippen LogP contribution < -0.4 is 4.74 Å². The zero-order valence-corrected chi connectivity index (χ0v) is 14.1. The summed E-state index contributed by atoms with van der Waals surface area (Å²) in [7, 11) is 0. The summed E-state index contributed by atoms with van der Waals surface area (Å²) in [5.41, 5.74) is 3.65. The molecule has 2 nitrogen and oxygen atoms in total. The number of carbonyl (C=O) groups is 1. The maximum atomic E-state index is 8.81. The molecule has 1 aliphatic heterocycles. The van der Waals surface area contributed by atoms with Gasteiger partial charge in [0.15, 0.2) is 0 Å². The lowest BCUT2D eigenvalue weighted by atomic mass is 9.96. The number of hydrogen-bond donors (Lipinski definition) is 0. The van der Waals surface area contributed by atoms with Crippen LogP contribution in [0.4, 0.5) is 0 Å². The standard InChI is InChI=1S/C16H14Cl2O.C2H4O/c1-10-2-6-15-11(8-10)4-7-16(19-15)12-3-5-13(17)14(18)9-12;1-2-3/h2-3,5-6,8-9,16H,4,7H2,1H3;2H,1H3. The van der Waals surface area contributed by atoms with Gasteiger partial charge in [0.1, 0.15) is 18.1 Å². The maximum Gasteiger partial charge on any atom is 0.124 e. The highest BCUT2D eigenvalue weighted by Crippen LogP contribution is 2.36. The molecule has 4 heteroatoms. The molecular formula is C18H18Cl2O2. The second-order valence-corrected chi connectivity index (χ2v) is 5.98. The van der Waals surface area contributed by atoms with Crippen molar-refractivity contribution in [3.05, 3.63) is 63.1 Å². The predicted molar refractivity (Wildman–Crippen MR) is 91.1 cm³/mol. The molecule has 3 rings (SSSR count).